The third-order valence-electron chi connectivity index (χ3n) is 3.00. The SMILES string of the molecule is C[N+](C)(CCCCC(=O)O)c1cccc(O)c1O. The molecule has 0 fully saturated rings. The van der Waals surface area contributed by atoms with Crippen molar-refractivity contribution in [2.45, 2.75) is 19.3 Å². The Balaban J connectivity index is 2.68. The predicted octanol–water partition coefficient (Wildman–Crippen LogP) is 1.92. The summed E-state index contributed by atoms with van der Waals surface area (Å²) in [5.74, 6) is -1.04. The third kappa shape index (κ3) is 3.63. The number of nitrogens with zero attached hydrogens (tertiary/aromatic N) is 1. The molecule has 0 heterocycles. The van der Waals surface area contributed by atoms with Crippen molar-refractivity contribution in [3.05, 3.63) is 18.2 Å². The van der Waals surface area contributed by atoms with Crippen LogP contribution in [0.2, 0.25) is 0 Å². The van der Waals surface area contributed by atoms with Crippen LogP contribution in [0.25, 0.3) is 0 Å². The molecule has 0 bridgehead atoms. The van der Waals surface area contributed by atoms with Gasteiger partial charge in [-0.25, -0.2) is 0 Å². The lowest BCUT2D eigenvalue weighted by molar-refractivity contribution is -0.137. The summed E-state index contributed by atoms with van der Waals surface area (Å²) in [6.45, 7) is 0.699. The molecule has 0 spiro atoms. The molecule has 0 radical (unpaired) electrons. The second kappa shape index (κ2) is 5.73. The Morgan fingerprint density at radius 2 is 1.89 bits per heavy atom. The van der Waals surface area contributed by atoms with Crippen molar-refractivity contribution in [1.29, 1.82) is 0 Å². The number of hydrogen-bond acceptors (Lipinski definition) is 3. The molecule has 0 atom stereocenters. The standard InChI is InChI=1S/C13H19NO4/c1-14(2,9-4-3-8-12(16)17)10-6-5-7-11(15)13(10)18/h5-7H,3-4,8-9H2,1-2H3,(H2-,15,16,17,18)/p+1. The molecule has 0 saturated heterocycles. The van der Waals surface area contributed by atoms with Gasteiger partial charge in [0.05, 0.1) is 20.6 Å². The number of quaternary nitrogens is 1. The number of aliphatic carboxylic acids is 1. The highest BCUT2D eigenvalue weighted by Crippen LogP contribution is 2.37. The van der Waals surface area contributed by atoms with E-state index in [9.17, 15) is 15.0 Å². The van der Waals surface area contributed by atoms with Gasteiger partial charge in [0.25, 0.3) is 0 Å². The number of phenolic OH excluding ortho intramolecular Hbond substituents is 2. The molecule has 0 aliphatic heterocycles. The van der Waals surface area contributed by atoms with Gasteiger partial charge in [0.1, 0.15) is 0 Å². The summed E-state index contributed by atoms with van der Waals surface area (Å²) in [5, 5.41) is 27.9. The van der Waals surface area contributed by atoms with Gasteiger partial charge >= 0.3 is 5.97 Å². The van der Waals surface area contributed by atoms with Gasteiger partial charge in [0, 0.05) is 12.5 Å². The number of para-hydroxylation sites is 1. The average molecular weight is 254 g/mol. The van der Waals surface area contributed by atoms with Crippen molar-refractivity contribution < 1.29 is 20.1 Å². The Kier molecular flexibility index (Phi) is 4.55. The minimum Gasteiger partial charge on any atom is -0.504 e. The number of phenols is 2. The van der Waals surface area contributed by atoms with Crippen molar-refractivity contribution in [2.24, 2.45) is 0 Å². The van der Waals surface area contributed by atoms with Gasteiger partial charge < -0.3 is 15.3 Å². The van der Waals surface area contributed by atoms with Gasteiger partial charge in [-0.1, -0.05) is 6.07 Å². The Hall–Kier alpha value is -1.75. The fourth-order valence-corrected chi connectivity index (χ4v) is 1.91. The molecule has 18 heavy (non-hydrogen) atoms. The number of hydrogen-bond donors (Lipinski definition) is 3. The topological polar surface area (TPSA) is 77.8 Å². The van der Waals surface area contributed by atoms with Gasteiger partial charge in [0.15, 0.2) is 11.4 Å². The summed E-state index contributed by atoms with van der Waals surface area (Å²) in [7, 11) is 3.82. The van der Waals surface area contributed by atoms with Gasteiger partial charge in [-0.15, -0.1) is 0 Å². The number of benzene rings is 1. The Morgan fingerprint density at radius 3 is 2.50 bits per heavy atom. The summed E-state index contributed by atoms with van der Waals surface area (Å²) in [5.41, 5.74) is 0.630. The Labute approximate surface area is 107 Å². The van der Waals surface area contributed by atoms with Crippen LogP contribution in [0.1, 0.15) is 19.3 Å². The summed E-state index contributed by atoms with van der Waals surface area (Å²) in [6.07, 6.45) is 1.51. The molecule has 1 rings (SSSR count). The van der Waals surface area contributed by atoms with E-state index < -0.39 is 5.97 Å². The summed E-state index contributed by atoms with van der Waals surface area (Å²) in [6, 6.07) is 4.87. The van der Waals surface area contributed by atoms with Crippen LogP contribution >= 0.6 is 0 Å². The maximum Gasteiger partial charge on any atom is 0.303 e. The van der Waals surface area contributed by atoms with E-state index in [1.807, 2.05) is 14.1 Å². The highest BCUT2D eigenvalue weighted by Gasteiger charge is 2.24. The zero-order valence-electron chi connectivity index (χ0n) is 10.8. The molecule has 0 amide bonds. The van der Waals surface area contributed by atoms with E-state index in [0.29, 0.717) is 23.1 Å². The van der Waals surface area contributed by atoms with Crippen LogP contribution in [0.4, 0.5) is 5.69 Å². The Morgan fingerprint density at radius 1 is 1.22 bits per heavy atom. The first-order valence-corrected chi connectivity index (χ1v) is 5.91. The van der Waals surface area contributed by atoms with Gasteiger partial charge in [0.2, 0.25) is 5.75 Å². The molecule has 0 aliphatic rings. The van der Waals surface area contributed by atoms with Crippen molar-refractivity contribution in [2.75, 3.05) is 20.6 Å². The molecule has 1 aromatic rings. The van der Waals surface area contributed by atoms with Gasteiger partial charge in [-0.3, -0.25) is 9.28 Å². The molecule has 0 aromatic heterocycles. The highest BCUT2D eigenvalue weighted by atomic mass is 16.4. The number of carboxylic acid groups (broad SMARTS) is 1. The van der Waals surface area contributed by atoms with Crippen LogP contribution in [0.15, 0.2) is 18.2 Å². The molecule has 5 heteroatoms. The lowest BCUT2D eigenvalue weighted by Gasteiger charge is -2.29. The summed E-state index contributed by atoms with van der Waals surface area (Å²) in [4.78, 5) is 10.4. The minimum atomic E-state index is -0.791. The van der Waals surface area contributed by atoms with Crippen LogP contribution in [0.5, 0.6) is 11.5 Å². The first-order valence-electron chi connectivity index (χ1n) is 5.91. The van der Waals surface area contributed by atoms with Crippen LogP contribution in [-0.2, 0) is 4.79 Å². The number of rotatable bonds is 6. The maximum atomic E-state index is 10.4. The van der Waals surface area contributed by atoms with Crippen molar-refractivity contribution >= 4 is 11.7 Å². The van der Waals surface area contributed by atoms with Crippen LogP contribution < -0.4 is 4.48 Å². The molecule has 1 aromatic carbocycles. The molecule has 0 aliphatic carbocycles. The fourth-order valence-electron chi connectivity index (χ4n) is 1.91. The number of carboxylic acids is 1. The zero-order valence-corrected chi connectivity index (χ0v) is 10.8. The van der Waals surface area contributed by atoms with Crippen LogP contribution in [-0.4, -0.2) is 41.9 Å². The van der Waals surface area contributed by atoms with Crippen LogP contribution in [0.3, 0.4) is 0 Å². The van der Waals surface area contributed by atoms with E-state index in [-0.39, 0.29) is 17.9 Å². The zero-order chi connectivity index (χ0) is 13.8. The van der Waals surface area contributed by atoms with E-state index in [1.165, 1.54) is 6.07 Å². The maximum absolute atomic E-state index is 10.4. The van der Waals surface area contributed by atoms with Crippen molar-refractivity contribution in [3.63, 3.8) is 0 Å². The van der Waals surface area contributed by atoms with Crippen LogP contribution in [0, 0.1) is 0 Å². The lowest BCUT2D eigenvalue weighted by atomic mass is 10.2. The predicted molar refractivity (Wildman–Crippen MR) is 69.8 cm³/mol. The quantitative estimate of drug-likeness (QED) is 0.412. The van der Waals surface area contributed by atoms with E-state index in [4.69, 9.17) is 5.11 Å². The third-order valence-corrected chi connectivity index (χ3v) is 3.00. The monoisotopic (exact) mass is 254 g/mol. The molecule has 100 valence electrons. The largest absolute Gasteiger partial charge is 0.504 e. The summed E-state index contributed by atoms with van der Waals surface area (Å²) >= 11 is 0. The number of unbranched alkanes of at least 4 members (excludes halogenated alkanes) is 1. The van der Waals surface area contributed by atoms with Crippen molar-refractivity contribution in [1.82, 2.24) is 4.48 Å². The molecule has 0 saturated carbocycles. The Bertz CT molecular complexity index is 429. The highest BCUT2D eigenvalue weighted by molar-refractivity contribution is 5.66. The molecule has 5 nitrogen and oxygen atoms in total. The van der Waals surface area contributed by atoms with E-state index in [0.717, 1.165) is 6.42 Å². The summed E-state index contributed by atoms with van der Waals surface area (Å²) < 4.78 is 0.403. The first-order chi connectivity index (χ1) is 8.34. The smallest absolute Gasteiger partial charge is 0.303 e. The first kappa shape index (κ1) is 14.3. The number of carbonyl (C=O) groups is 1. The lowest BCUT2D eigenvalue weighted by Crippen LogP contribution is -2.41. The average Bonchev–Trinajstić information content (AvgIpc) is 2.28. The van der Waals surface area contributed by atoms with E-state index >= 15 is 0 Å². The van der Waals surface area contributed by atoms with Gasteiger partial charge in [-0.05, 0) is 18.9 Å². The molecular formula is C13H20NO4+. The van der Waals surface area contributed by atoms with Crippen molar-refractivity contribution in [3.8, 4) is 11.5 Å². The second-order valence-electron chi connectivity index (χ2n) is 4.90. The van der Waals surface area contributed by atoms with E-state index in [2.05, 4.69) is 0 Å². The molecular weight excluding hydrogens is 234 g/mol. The minimum absolute atomic E-state index is 0.110. The fraction of sp³-hybridized carbons (Fsp3) is 0.462. The molecule has 0 unspecified atom stereocenters. The molecule has 3 N–H and O–H groups in total. The number of aromatic hydroxyl groups is 2. The van der Waals surface area contributed by atoms with E-state index in [1.54, 1.807) is 12.1 Å². The normalized spacial score (nSPS) is 11.4. The van der Waals surface area contributed by atoms with Gasteiger partial charge in [-0.2, -0.15) is 0 Å². The second-order valence-corrected chi connectivity index (χ2v) is 4.90.